The van der Waals surface area contributed by atoms with Crippen LogP contribution in [0.1, 0.15) is 28.1 Å². The van der Waals surface area contributed by atoms with Crippen LogP contribution in [0.25, 0.3) is 22.5 Å². The highest BCUT2D eigenvalue weighted by Gasteiger charge is 2.19. The van der Waals surface area contributed by atoms with Crippen molar-refractivity contribution in [3.8, 4) is 22.5 Å². The van der Waals surface area contributed by atoms with Crippen molar-refractivity contribution in [1.29, 1.82) is 0 Å². The first-order valence-electron chi connectivity index (χ1n) is 9.76. The van der Waals surface area contributed by atoms with Gasteiger partial charge in [0.2, 0.25) is 0 Å². The molecule has 0 atom stereocenters. The van der Waals surface area contributed by atoms with Crippen molar-refractivity contribution in [2.45, 2.75) is 41.3 Å². The summed E-state index contributed by atoms with van der Waals surface area (Å²) < 4.78 is 3.96. The van der Waals surface area contributed by atoms with Crippen molar-refractivity contribution in [3.05, 3.63) is 81.6 Å². The molecule has 0 bridgehead atoms. The Bertz CT molecular complexity index is 1200. The molecule has 0 unspecified atom stereocenters. The van der Waals surface area contributed by atoms with E-state index in [9.17, 15) is 0 Å². The Labute approximate surface area is 176 Å². The highest BCUT2D eigenvalue weighted by atomic mass is 35.5. The standard InChI is InChI=1S/C24H25ClN4/c1-15-8-6-10-20(12-15)23-17(3)24(21-11-7-9-16(2)13-21)29(27-23)14-28-19(5)22(25)18(4)26-28/h6-13H,14H2,1-5H3. The summed E-state index contributed by atoms with van der Waals surface area (Å²) in [4.78, 5) is 0. The number of hydrogen-bond acceptors (Lipinski definition) is 2. The van der Waals surface area contributed by atoms with E-state index >= 15 is 0 Å². The van der Waals surface area contributed by atoms with Gasteiger partial charge in [0.05, 0.1) is 27.8 Å². The molecule has 0 saturated carbocycles. The molecule has 2 aromatic heterocycles. The molecule has 148 valence electrons. The van der Waals surface area contributed by atoms with Gasteiger partial charge < -0.3 is 0 Å². The molecule has 4 aromatic rings. The molecule has 0 N–H and O–H groups in total. The normalized spacial score (nSPS) is 11.2. The van der Waals surface area contributed by atoms with Crippen LogP contribution in [0.15, 0.2) is 48.5 Å². The van der Waals surface area contributed by atoms with Crippen LogP contribution in [0, 0.1) is 34.6 Å². The molecule has 2 aromatic carbocycles. The largest absolute Gasteiger partial charge is 0.246 e. The first-order chi connectivity index (χ1) is 13.8. The Morgan fingerprint density at radius 2 is 1.41 bits per heavy atom. The lowest BCUT2D eigenvalue weighted by Crippen LogP contribution is -2.13. The molecule has 4 nitrogen and oxygen atoms in total. The van der Waals surface area contributed by atoms with Crippen molar-refractivity contribution < 1.29 is 0 Å². The van der Waals surface area contributed by atoms with Gasteiger partial charge in [-0.1, -0.05) is 59.1 Å². The molecule has 29 heavy (non-hydrogen) atoms. The van der Waals surface area contributed by atoms with E-state index in [4.69, 9.17) is 16.7 Å². The number of aryl methyl sites for hydroxylation is 3. The predicted octanol–water partition coefficient (Wildman–Crippen LogP) is 6.11. The Kier molecular flexibility index (Phi) is 5.05. The highest BCUT2D eigenvalue weighted by molar-refractivity contribution is 6.31. The summed E-state index contributed by atoms with van der Waals surface area (Å²) in [7, 11) is 0. The smallest absolute Gasteiger partial charge is 0.134 e. The fourth-order valence-corrected chi connectivity index (χ4v) is 3.95. The minimum absolute atomic E-state index is 0.509. The predicted molar refractivity (Wildman–Crippen MR) is 119 cm³/mol. The fraction of sp³-hybridized carbons (Fsp3) is 0.250. The van der Waals surface area contributed by atoms with Crippen molar-refractivity contribution in [2.75, 3.05) is 0 Å². The van der Waals surface area contributed by atoms with Crippen LogP contribution in [-0.4, -0.2) is 19.6 Å². The van der Waals surface area contributed by atoms with Crippen LogP contribution in [-0.2, 0) is 6.67 Å². The molecule has 5 heteroatoms. The molecule has 2 heterocycles. The van der Waals surface area contributed by atoms with E-state index in [1.807, 2.05) is 23.2 Å². The Hall–Kier alpha value is -2.85. The molecular formula is C24H25ClN4. The van der Waals surface area contributed by atoms with Crippen molar-refractivity contribution in [3.63, 3.8) is 0 Å². The van der Waals surface area contributed by atoms with Gasteiger partial charge in [0.1, 0.15) is 6.67 Å². The van der Waals surface area contributed by atoms with E-state index in [-0.39, 0.29) is 0 Å². The third-order valence-electron chi connectivity index (χ3n) is 5.33. The number of hydrogen-bond donors (Lipinski definition) is 0. The average molecular weight is 405 g/mol. The zero-order chi connectivity index (χ0) is 20.7. The topological polar surface area (TPSA) is 35.6 Å². The maximum atomic E-state index is 6.38. The lowest BCUT2D eigenvalue weighted by atomic mass is 10.0. The zero-order valence-corrected chi connectivity index (χ0v) is 18.2. The fourth-order valence-electron chi connectivity index (χ4n) is 3.82. The molecule has 0 aliphatic heterocycles. The van der Waals surface area contributed by atoms with Gasteiger partial charge in [-0.3, -0.25) is 0 Å². The van der Waals surface area contributed by atoms with Gasteiger partial charge in [0.25, 0.3) is 0 Å². The van der Waals surface area contributed by atoms with Gasteiger partial charge in [-0.25, -0.2) is 9.36 Å². The van der Waals surface area contributed by atoms with Crippen molar-refractivity contribution >= 4 is 11.6 Å². The second kappa shape index (κ2) is 7.53. The Morgan fingerprint density at radius 3 is 2.00 bits per heavy atom. The third-order valence-corrected chi connectivity index (χ3v) is 5.88. The van der Waals surface area contributed by atoms with Gasteiger partial charge in [-0.05, 0) is 46.8 Å². The van der Waals surface area contributed by atoms with E-state index < -0.39 is 0 Å². The van der Waals surface area contributed by atoms with Crippen LogP contribution in [0.4, 0.5) is 0 Å². The van der Waals surface area contributed by atoms with Crippen molar-refractivity contribution in [1.82, 2.24) is 19.6 Å². The first kappa shape index (κ1) is 19.5. The number of aromatic nitrogens is 4. The molecule has 0 aliphatic carbocycles. The second-order valence-corrected chi connectivity index (χ2v) is 8.06. The van der Waals surface area contributed by atoms with Crippen LogP contribution in [0.3, 0.4) is 0 Å². The SMILES string of the molecule is Cc1cccc(-c2nn(Cn3nc(C)c(Cl)c3C)c(-c3cccc(C)c3)c2C)c1. The number of rotatable bonds is 4. The first-order valence-corrected chi connectivity index (χ1v) is 10.1. The second-order valence-electron chi connectivity index (χ2n) is 7.69. The van der Waals surface area contributed by atoms with Gasteiger partial charge in [0.15, 0.2) is 0 Å². The van der Waals surface area contributed by atoms with Crippen LogP contribution in [0.2, 0.25) is 5.02 Å². The van der Waals surface area contributed by atoms with E-state index in [2.05, 4.69) is 74.4 Å². The molecule has 4 rings (SSSR count). The van der Waals surface area contributed by atoms with Crippen LogP contribution >= 0.6 is 11.6 Å². The maximum absolute atomic E-state index is 6.38. The van der Waals surface area contributed by atoms with Crippen molar-refractivity contribution in [2.24, 2.45) is 0 Å². The molecule has 0 aliphatic rings. The van der Waals surface area contributed by atoms with E-state index in [1.165, 1.54) is 11.1 Å². The van der Waals surface area contributed by atoms with Gasteiger partial charge in [-0.15, -0.1) is 0 Å². The number of halogens is 1. The Morgan fingerprint density at radius 1 is 0.793 bits per heavy atom. The molecular weight excluding hydrogens is 380 g/mol. The van der Waals surface area contributed by atoms with E-state index in [0.29, 0.717) is 11.7 Å². The summed E-state index contributed by atoms with van der Waals surface area (Å²) in [5, 5.41) is 10.3. The molecule has 0 radical (unpaired) electrons. The molecule has 0 spiro atoms. The van der Waals surface area contributed by atoms with Crippen LogP contribution < -0.4 is 0 Å². The van der Waals surface area contributed by atoms with Gasteiger partial charge in [0, 0.05) is 16.7 Å². The average Bonchev–Trinajstić information content (AvgIpc) is 3.13. The minimum Gasteiger partial charge on any atom is -0.246 e. The monoisotopic (exact) mass is 404 g/mol. The van der Waals surface area contributed by atoms with E-state index in [0.717, 1.165) is 39.5 Å². The summed E-state index contributed by atoms with van der Waals surface area (Å²) in [5.41, 5.74) is 9.78. The third kappa shape index (κ3) is 3.60. The summed E-state index contributed by atoms with van der Waals surface area (Å²) in [6.45, 7) is 10.8. The quantitative estimate of drug-likeness (QED) is 0.411. The molecule has 0 saturated heterocycles. The summed E-state index contributed by atoms with van der Waals surface area (Å²) in [6.07, 6.45) is 0. The summed E-state index contributed by atoms with van der Waals surface area (Å²) in [5.74, 6) is 0. The van der Waals surface area contributed by atoms with Gasteiger partial charge in [-0.2, -0.15) is 10.2 Å². The molecule has 0 amide bonds. The minimum atomic E-state index is 0.509. The highest BCUT2D eigenvalue weighted by Crippen LogP contribution is 2.33. The number of benzene rings is 2. The zero-order valence-electron chi connectivity index (χ0n) is 17.5. The Balaban J connectivity index is 1.90. The lowest BCUT2D eigenvalue weighted by molar-refractivity contribution is 0.496. The van der Waals surface area contributed by atoms with Crippen LogP contribution in [0.5, 0.6) is 0 Å². The number of nitrogens with zero attached hydrogens (tertiary/aromatic N) is 4. The van der Waals surface area contributed by atoms with E-state index in [1.54, 1.807) is 0 Å². The summed E-state index contributed by atoms with van der Waals surface area (Å²) in [6, 6.07) is 17.0. The molecule has 0 fully saturated rings. The lowest BCUT2D eigenvalue weighted by Gasteiger charge is -2.11. The summed E-state index contributed by atoms with van der Waals surface area (Å²) >= 11 is 6.38. The van der Waals surface area contributed by atoms with Gasteiger partial charge >= 0.3 is 0 Å². The maximum Gasteiger partial charge on any atom is 0.134 e.